The van der Waals surface area contributed by atoms with Crippen LogP contribution in [0, 0.1) is 5.92 Å². The molecule has 0 fully saturated rings. The van der Waals surface area contributed by atoms with Gasteiger partial charge in [-0.05, 0) is 18.1 Å². The van der Waals surface area contributed by atoms with E-state index in [9.17, 15) is 9.59 Å². The molecule has 0 unspecified atom stereocenters. The number of hydrogen-bond donors (Lipinski definition) is 2. The van der Waals surface area contributed by atoms with E-state index >= 15 is 0 Å². The zero-order valence-electron chi connectivity index (χ0n) is 8.33. The van der Waals surface area contributed by atoms with E-state index in [0.29, 0.717) is 30.1 Å². The monoisotopic (exact) mass is 194 g/mol. The van der Waals surface area contributed by atoms with Gasteiger partial charge < -0.3 is 10.3 Å². The Kier molecular flexibility index (Phi) is 3.45. The van der Waals surface area contributed by atoms with Gasteiger partial charge in [-0.3, -0.25) is 9.59 Å². The zero-order valence-corrected chi connectivity index (χ0v) is 8.33. The number of aromatic nitrogens is 1. The smallest absolute Gasteiger partial charge is 0.267 e. The number of aromatic amines is 1. The van der Waals surface area contributed by atoms with Gasteiger partial charge in [-0.1, -0.05) is 13.8 Å². The molecule has 0 aliphatic carbocycles. The number of rotatable bonds is 4. The van der Waals surface area contributed by atoms with Crippen molar-refractivity contribution in [1.29, 1.82) is 0 Å². The Hall–Kier alpha value is -1.58. The van der Waals surface area contributed by atoms with Crippen LogP contribution < -0.4 is 5.32 Å². The molecule has 1 aromatic rings. The van der Waals surface area contributed by atoms with Crippen molar-refractivity contribution in [2.45, 2.75) is 13.8 Å². The second-order valence-corrected chi connectivity index (χ2v) is 3.55. The van der Waals surface area contributed by atoms with Crippen LogP contribution in [0.5, 0.6) is 0 Å². The number of carbonyl (C=O) groups excluding carboxylic acids is 2. The molecule has 0 aliphatic heterocycles. The lowest BCUT2D eigenvalue weighted by molar-refractivity contribution is 0.0944. The van der Waals surface area contributed by atoms with Gasteiger partial charge in [0.2, 0.25) is 0 Å². The summed E-state index contributed by atoms with van der Waals surface area (Å²) in [6.07, 6.45) is 0.680. The molecule has 0 saturated carbocycles. The van der Waals surface area contributed by atoms with Crippen molar-refractivity contribution in [2.75, 3.05) is 6.54 Å². The quantitative estimate of drug-likeness (QED) is 0.708. The fraction of sp³-hybridized carbons (Fsp3) is 0.400. The molecule has 0 aliphatic rings. The summed E-state index contributed by atoms with van der Waals surface area (Å²) in [5, 5.41) is 2.75. The number of amides is 1. The highest BCUT2D eigenvalue weighted by atomic mass is 16.2. The predicted octanol–water partition coefficient (Wildman–Crippen LogP) is 1.21. The maximum Gasteiger partial charge on any atom is 0.267 e. The summed E-state index contributed by atoms with van der Waals surface area (Å²) in [5.41, 5.74) is 0.840. The van der Waals surface area contributed by atoms with Gasteiger partial charge in [0.05, 0.1) is 5.69 Å². The summed E-state index contributed by atoms with van der Waals surface area (Å²) in [4.78, 5) is 24.5. The molecule has 0 spiro atoms. The van der Waals surface area contributed by atoms with E-state index in [4.69, 9.17) is 0 Å². The van der Waals surface area contributed by atoms with E-state index in [1.807, 2.05) is 13.8 Å². The van der Waals surface area contributed by atoms with Crippen LogP contribution in [0.2, 0.25) is 0 Å². The molecule has 4 heteroatoms. The highest BCUT2D eigenvalue weighted by Crippen LogP contribution is 1.99. The first-order chi connectivity index (χ1) is 6.63. The van der Waals surface area contributed by atoms with Crippen LogP contribution in [-0.2, 0) is 0 Å². The molecule has 1 amide bonds. The highest BCUT2D eigenvalue weighted by Gasteiger charge is 2.07. The predicted molar refractivity (Wildman–Crippen MR) is 53.4 cm³/mol. The number of H-pyrrole nitrogens is 1. The molecule has 2 N–H and O–H groups in total. The van der Waals surface area contributed by atoms with Gasteiger partial charge in [-0.2, -0.15) is 0 Å². The van der Waals surface area contributed by atoms with E-state index < -0.39 is 0 Å². The molecule has 0 saturated heterocycles. The lowest BCUT2D eigenvalue weighted by Crippen LogP contribution is -2.27. The van der Waals surface area contributed by atoms with Crippen molar-refractivity contribution in [2.24, 2.45) is 5.92 Å². The summed E-state index contributed by atoms with van der Waals surface area (Å²) >= 11 is 0. The first kappa shape index (κ1) is 10.5. The molecule has 0 radical (unpaired) electrons. The molecule has 1 aromatic heterocycles. The maximum absolute atomic E-state index is 11.4. The SMILES string of the molecule is CC(C)CNC(=O)c1ccc(C=O)[nH]1. The molecular formula is C10H14N2O2. The van der Waals surface area contributed by atoms with Crippen molar-refractivity contribution < 1.29 is 9.59 Å². The maximum atomic E-state index is 11.4. The topological polar surface area (TPSA) is 62.0 Å². The third-order valence-electron chi connectivity index (χ3n) is 1.75. The second-order valence-electron chi connectivity index (χ2n) is 3.55. The van der Waals surface area contributed by atoms with Gasteiger partial charge in [0, 0.05) is 6.54 Å². The Morgan fingerprint density at radius 3 is 2.79 bits per heavy atom. The van der Waals surface area contributed by atoms with E-state index in [-0.39, 0.29) is 5.91 Å². The number of hydrogen-bond acceptors (Lipinski definition) is 2. The number of aldehydes is 1. The Morgan fingerprint density at radius 1 is 1.57 bits per heavy atom. The van der Waals surface area contributed by atoms with Gasteiger partial charge in [0.25, 0.3) is 5.91 Å². The van der Waals surface area contributed by atoms with Gasteiger partial charge in [-0.25, -0.2) is 0 Å². The molecule has 4 nitrogen and oxygen atoms in total. The first-order valence-corrected chi connectivity index (χ1v) is 4.56. The largest absolute Gasteiger partial charge is 0.351 e. The minimum atomic E-state index is -0.174. The third-order valence-corrected chi connectivity index (χ3v) is 1.75. The molecule has 0 aromatic carbocycles. The highest BCUT2D eigenvalue weighted by molar-refractivity contribution is 5.93. The van der Waals surface area contributed by atoms with Crippen molar-refractivity contribution >= 4 is 12.2 Å². The molecule has 0 bridgehead atoms. The standard InChI is InChI=1S/C10H14N2O2/c1-7(2)5-11-10(14)9-4-3-8(6-13)12-9/h3-4,6-7,12H,5H2,1-2H3,(H,11,14). The molecule has 0 atom stereocenters. The zero-order chi connectivity index (χ0) is 10.6. The van der Waals surface area contributed by atoms with Crippen molar-refractivity contribution in [1.82, 2.24) is 10.3 Å². The van der Waals surface area contributed by atoms with E-state index in [2.05, 4.69) is 10.3 Å². The van der Waals surface area contributed by atoms with Crippen LogP contribution >= 0.6 is 0 Å². The van der Waals surface area contributed by atoms with Crippen molar-refractivity contribution in [3.05, 3.63) is 23.5 Å². The second kappa shape index (κ2) is 4.60. The van der Waals surface area contributed by atoms with Crippen LogP contribution in [-0.4, -0.2) is 23.7 Å². The summed E-state index contributed by atoms with van der Waals surface area (Å²) in [5.74, 6) is 0.242. The summed E-state index contributed by atoms with van der Waals surface area (Å²) in [7, 11) is 0. The normalized spacial score (nSPS) is 10.2. The number of nitrogens with one attached hydrogen (secondary N) is 2. The lowest BCUT2D eigenvalue weighted by atomic mass is 10.2. The molecule has 14 heavy (non-hydrogen) atoms. The van der Waals surface area contributed by atoms with Gasteiger partial charge in [0.1, 0.15) is 5.69 Å². The molecular weight excluding hydrogens is 180 g/mol. The fourth-order valence-electron chi connectivity index (χ4n) is 1.01. The summed E-state index contributed by atoms with van der Waals surface area (Å²) in [6, 6.07) is 3.18. The van der Waals surface area contributed by atoms with E-state index in [0.717, 1.165) is 0 Å². The lowest BCUT2D eigenvalue weighted by Gasteiger charge is -2.05. The van der Waals surface area contributed by atoms with E-state index in [1.54, 1.807) is 12.1 Å². The van der Waals surface area contributed by atoms with E-state index in [1.165, 1.54) is 0 Å². The molecule has 1 heterocycles. The van der Waals surface area contributed by atoms with Crippen LogP contribution in [0.4, 0.5) is 0 Å². The Labute approximate surface area is 82.7 Å². The van der Waals surface area contributed by atoms with Gasteiger partial charge in [0.15, 0.2) is 6.29 Å². The van der Waals surface area contributed by atoms with Crippen molar-refractivity contribution in [3.63, 3.8) is 0 Å². The summed E-state index contributed by atoms with van der Waals surface area (Å²) < 4.78 is 0. The Morgan fingerprint density at radius 2 is 2.29 bits per heavy atom. The van der Waals surface area contributed by atoms with Crippen LogP contribution in [0.25, 0.3) is 0 Å². The van der Waals surface area contributed by atoms with Gasteiger partial charge >= 0.3 is 0 Å². The van der Waals surface area contributed by atoms with Gasteiger partial charge in [-0.15, -0.1) is 0 Å². The van der Waals surface area contributed by atoms with Crippen LogP contribution in [0.15, 0.2) is 12.1 Å². The minimum Gasteiger partial charge on any atom is -0.351 e. The van der Waals surface area contributed by atoms with Crippen molar-refractivity contribution in [3.8, 4) is 0 Å². The third kappa shape index (κ3) is 2.73. The number of carbonyl (C=O) groups is 2. The fourth-order valence-corrected chi connectivity index (χ4v) is 1.01. The Balaban J connectivity index is 2.56. The average Bonchev–Trinajstić information content (AvgIpc) is 2.62. The van der Waals surface area contributed by atoms with Crippen LogP contribution in [0.3, 0.4) is 0 Å². The molecule has 76 valence electrons. The minimum absolute atomic E-state index is 0.174. The van der Waals surface area contributed by atoms with Crippen LogP contribution in [0.1, 0.15) is 34.8 Å². The first-order valence-electron chi connectivity index (χ1n) is 4.56. The summed E-state index contributed by atoms with van der Waals surface area (Å²) in [6.45, 7) is 4.67. The average molecular weight is 194 g/mol. The Bertz CT molecular complexity index is 329. The molecule has 1 rings (SSSR count).